The maximum atomic E-state index is 11.4. The van der Waals surface area contributed by atoms with Gasteiger partial charge < -0.3 is 14.1 Å². The number of carbonyl (C=O) groups is 1. The third kappa shape index (κ3) is 4.27. The summed E-state index contributed by atoms with van der Waals surface area (Å²) in [5.74, 6) is -0.672. The summed E-state index contributed by atoms with van der Waals surface area (Å²) in [5.41, 5.74) is 0.879. The quantitative estimate of drug-likeness (QED) is 0.685. The van der Waals surface area contributed by atoms with Crippen molar-refractivity contribution in [1.29, 1.82) is 0 Å². The van der Waals surface area contributed by atoms with Crippen molar-refractivity contribution in [2.45, 2.75) is 6.54 Å². The molecular weight excluding hydrogens is 326 g/mol. The van der Waals surface area contributed by atoms with Crippen LogP contribution in [0.15, 0.2) is 36.5 Å². The largest absolute Gasteiger partial charge is 1.00 e. The molecule has 0 saturated carbocycles. The molecule has 0 fully saturated rings. The van der Waals surface area contributed by atoms with Crippen LogP contribution in [-0.4, -0.2) is 25.1 Å². The van der Waals surface area contributed by atoms with Crippen LogP contribution in [0.25, 0.3) is 15.6 Å². The zero-order valence-corrected chi connectivity index (χ0v) is 15.9. The van der Waals surface area contributed by atoms with E-state index < -0.39 is 15.9 Å². The number of fused-ring (bicyclic) bond motifs is 1. The third-order valence-electron chi connectivity index (χ3n) is 2.25. The van der Waals surface area contributed by atoms with Gasteiger partial charge in [-0.15, -0.1) is 0 Å². The molecule has 7 heteroatoms. The van der Waals surface area contributed by atoms with Crippen molar-refractivity contribution in [3.63, 3.8) is 0 Å². The van der Waals surface area contributed by atoms with Gasteiger partial charge in [0, 0.05) is 18.0 Å². The van der Waals surface area contributed by atoms with E-state index in [0.717, 1.165) is 17.2 Å². The van der Waals surface area contributed by atoms with Crippen LogP contribution in [0.4, 0.5) is 0 Å². The topological polar surface area (TPSA) is 70.2 Å². The summed E-state index contributed by atoms with van der Waals surface area (Å²) in [6, 6.07) is 9.41. The Hall–Kier alpha value is -0.0148. The van der Waals surface area contributed by atoms with Crippen molar-refractivity contribution in [3.8, 4) is 0 Å². The molecule has 2 rings (SSSR count). The molecule has 2 aromatic rings. The van der Waals surface area contributed by atoms with E-state index in [0.29, 0.717) is 0 Å². The van der Waals surface area contributed by atoms with Gasteiger partial charge in [-0.25, -0.2) is 8.42 Å². The Bertz CT molecular complexity index is 664. The zero-order chi connectivity index (χ0) is 12.5. The van der Waals surface area contributed by atoms with Gasteiger partial charge in [-0.3, -0.25) is 0 Å². The van der Waals surface area contributed by atoms with Gasteiger partial charge in [0.2, 0.25) is 0 Å². The van der Waals surface area contributed by atoms with Gasteiger partial charge in [0.05, 0.1) is 22.5 Å². The van der Waals surface area contributed by atoms with Crippen LogP contribution < -0.4 is 58.2 Å². The number of benzene rings is 1. The molecule has 0 aliphatic carbocycles. The number of carbonyl (C=O) groups excluding carboxylic acids is 1. The summed E-state index contributed by atoms with van der Waals surface area (Å²) in [6.07, 6.45) is 2.64. The summed E-state index contributed by atoms with van der Waals surface area (Å²) in [7, 11) is -3.62. The fourth-order valence-electron chi connectivity index (χ4n) is 1.64. The molecule has 0 aliphatic rings. The maximum absolute atomic E-state index is 11.4. The van der Waals surface area contributed by atoms with Gasteiger partial charge in [-0.1, -0.05) is 18.2 Å². The molecule has 0 bridgehead atoms. The van der Waals surface area contributed by atoms with Crippen LogP contribution in [0.2, 0.25) is 0 Å². The van der Waals surface area contributed by atoms with Crippen LogP contribution >= 0.6 is 0 Å². The Kier molecular flexibility index (Phi) is 5.73. The molecule has 18 heavy (non-hydrogen) atoms. The molecule has 0 spiro atoms. The van der Waals surface area contributed by atoms with Crippen LogP contribution in [0, 0.1) is 0 Å². The van der Waals surface area contributed by atoms with Crippen molar-refractivity contribution >= 4 is 26.8 Å². The van der Waals surface area contributed by atoms with Crippen molar-refractivity contribution in [2.24, 2.45) is 0 Å². The zero-order valence-electron chi connectivity index (χ0n) is 10.2. The first-order chi connectivity index (χ1) is 7.96. The molecular formula is C11H11N2O3RbS. The first-order valence-electron chi connectivity index (χ1n) is 4.95. The van der Waals surface area contributed by atoms with Gasteiger partial charge in [0.25, 0.3) is 0 Å². The van der Waals surface area contributed by atoms with Gasteiger partial charge in [-0.05, 0) is 17.5 Å². The van der Waals surface area contributed by atoms with E-state index in [4.69, 9.17) is 0 Å². The Morgan fingerprint density at radius 3 is 2.61 bits per heavy atom. The van der Waals surface area contributed by atoms with E-state index in [1.807, 2.05) is 30.3 Å². The molecule has 1 aromatic heterocycles. The fraction of sp³-hybridized carbons (Fsp3) is 0.182. The second-order valence-corrected chi connectivity index (χ2v) is 5.37. The third-order valence-corrected chi connectivity index (χ3v) is 2.79. The van der Waals surface area contributed by atoms with Crippen LogP contribution in [0.1, 0.15) is 0 Å². The number of amides is 1. The predicted octanol–water partition coefficient (Wildman–Crippen LogP) is -1.49. The summed E-state index contributed by atoms with van der Waals surface area (Å²) in [4.78, 5) is 11.4. The van der Waals surface area contributed by atoms with Gasteiger partial charge in [0.1, 0.15) is 0 Å². The Balaban J connectivity index is 0.00000162. The molecule has 0 atom stereocenters. The minimum absolute atomic E-state index is 0. The fourth-order valence-corrected chi connectivity index (χ4v) is 2.07. The Morgan fingerprint density at radius 1 is 1.28 bits per heavy atom. The number of sulfonamides is 1. The summed E-state index contributed by atoms with van der Waals surface area (Å²) in [6.45, 7) is -0.0689. The number of rotatable bonds is 3. The molecule has 0 N–H and O–H groups in total. The minimum Gasteiger partial charge on any atom is -0.545 e. The standard InChI is InChI=1S/C11H12N2O3S.Rb/c1-17(15,16)12-11(14)8-13-7-6-9-4-2-3-5-10(9)13;/h2-7H,8H2,1H3,(H,12,14);/q;+1/p-1. The molecule has 0 unspecified atom stereocenters. The van der Waals surface area contributed by atoms with Crippen molar-refractivity contribution in [1.82, 2.24) is 4.57 Å². The molecule has 90 valence electrons. The normalized spacial score (nSPS) is 10.9. The summed E-state index contributed by atoms with van der Waals surface area (Å²) < 4.78 is 26.5. The van der Waals surface area contributed by atoms with E-state index in [1.54, 1.807) is 10.8 Å². The predicted molar refractivity (Wildman–Crippen MR) is 65.1 cm³/mol. The molecule has 1 aromatic carbocycles. The number of para-hydroxylation sites is 1. The van der Waals surface area contributed by atoms with Crippen molar-refractivity contribution in [2.75, 3.05) is 6.26 Å². The number of hydrogen-bond donors (Lipinski definition) is 0. The number of nitrogens with zero attached hydrogens (tertiary/aromatic N) is 2. The van der Waals surface area contributed by atoms with E-state index in [1.165, 1.54) is 0 Å². The van der Waals surface area contributed by atoms with Crippen molar-refractivity contribution < 1.29 is 71.4 Å². The second-order valence-electron chi connectivity index (χ2n) is 3.72. The minimum atomic E-state index is -3.62. The van der Waals surface area contributed by atoms with E-state index >= 15 is 0 Å². The van der Waals surface area contributed by atoms with Gasteiger partial charge >= 0.3 is 58.2 Å². The molecule has 1 heterocycles. The average molecular weight is 337 g/mol. The van der Waals surface area contributed by atoms with Gasteiger partial charge in [-0.2, -0.15) is 0 Å². The Morgan fingerprint density at radius 2 is 1.94 bits per heavy atom. The maximum Gasteiger partial charge on any atom is 1.00 e. The number of aromatic nitrogens is 1. The second kappa shape index (κ2) is 6.43. The van der Waals surface area contributed by atoms with Crippen LogP contribution in [-0.2, 0) is 21.4 Å². The summed E-state index contributed by atoms with van der Waals surface area (Å²) >= 11 is 0. The number of hydrogen-bond acceptors (Lipinski definition) is 3. The Labute approximate surface area is 154 Å². The monoisotopic (exact) mass is 336 g/mol. The summed E-state index contributed by atoms with van der Waals surface area (Å²) in [5, 5.41) is 1.000. The molecule has 0 aliphatic heterocycles. The van der Waals surface area contributed by atoms with Crippen LogP contribution in [0.3, 0.4) is 0 Å². The van der Waals surface area contributed by atoms with Crippen LogP contribution in [0.5, 0.6) is 0 Å². The van der Waals surface area contributed by atoms with E-state index in [-0.39, 0.29) is 64.7 Å². The molecule has 0 saturated heterocycles. The van der Waals surface area contributed by atoms with E-state index in [2.05, 4.69) is 4.72 Å². The molecule has 1 amide bonds. The first kappa shape index (κ1) is 16.0. The molecule has 0 radical (unpaired) electrons. The SMILES string of the molecule is CS(=O)(=O)[N-]C(=O)Cn1ccc2ccccc21.[Rb+]. The average Bonchev–Trinajstić information content (AvgIpc) is 2.59. The van der Waals surface area contributed by atoms with E-state index in [9.17, 15) is 13.2 Å². The first-order valence-corrected chi connectivity index (χ1v) is 6.80. The van der Waals surface area contributed by atoms with Gasteiger partial charge in [0.15, 0.2) is 0 Å². The molecule has 5 nitrogen and oxygen atoms in total. The smallest absolute Gasteiger partial charge is 0.545 e. The van der Waals surface area contributed by atoms with Crippen molar-refractivity contribution in [3.05, 3.63) is 41.3 Å².